The molecule has 1 saturated carbocycles. The van der Waals surface area contributed by atoms with Gasteiger partial charge in [-0.15, -0.1) is 0 Å². The highest BCUT2D eigenvalue weighted by atomic mass is 32.2. The van der Waals surface area contributed by atoms with Crippen molar-refractivity contribution in [2.75, 3.05) is 18.2 Å². The van der Waals surface area contributed by atoms with E-state index in [9.17, 15) is 9.59 Å². The summed E-state index contributed by atoms with van der Waals surface area (Å²) in [4.78, 5) is 32.8. The van der Waals surface area contributed by atoms with E-state index in [0.29, 0.717) is 16.6 Å². The topological polar surface area (TPSA) is 73.2 Å². The lowest BCUT2D eigenvalue weighted by Gasteiger charge is -2.42. The Morgan fingerprint density at radius 2 is 1.80 bits per heavy atom. The molecule has 0 bridgehead atoms. The smallest absolute Gasteiger partial charge is 0.263 e. The Kier molecular flexibility index (Phi) is 7.24. The van der Waals surface area contributed by atoms with Gasteiger partial charge in [0.05, 0.1) is 29.8 Å². The minimum Gasteiger partial charge on any atom is -0.497 e. The summed E-state index contributed by atoms with van der Waals surface area (Å²) >= 11 is 1.28. The van der Waals surface area contributed by atoms with E-state index in [2.05, 4.69) is 23.5 Å². The molecule has 1 N–H and O–H groups in total. The SMILES string of the molecule is COc1cccc(-n2c(SCC(=O)Nc3ccc(C)cc3)nc3c(c2=O)C2(CCCCC2)Cc2ccccc2-3)c1. The Morgan fingerprint density at radius 3 is 2.58 bits per heavy atom. The fourth-order valence-corrected chi connectivity index (χ4v) is 7.03. The van der Waals surface area contributed by atoms with Crippen molar-refractivity contribution in [1.82, 2.24) is 9.55 Å². The average molecular weight is 552 g/mol. The number of benzene rings is 3. The first-order valence-corrected chi connectivity index (χ1v) is 14.9. The van der Waals surface area contributed by atoms with Crippen molar-refractivity contribution in [3.8, 4) is 22.7 Å². The molecule has 7 heteroatoms. The number of carbonyl (C=O) groups excluding carboxylic acids is 1. The molecule has 0 radical (unpaired) electrons. The molecular formula is C33H33N3O3S. The first-order valence-electron chi connectivity index (χ1n) is 13.9. The molecule has 4 aromatic rings. The van der Waals surface area contributed by atoms with Crippen LogP contribution in [0.15, 0.2) is 82.7 Å². The molecule has 1 fully saturated rings. The van der Waals surface area contributed by atoms with E-state index in [1.165, 1.54) is 23.7 Å². The second kappa shape index (κ2) is 11.0. The van der Waals surface area contributed by atoms with Gasteiger partial charge in [-0.05, 0) is 56.0 Å². The highest BCUT2D eigenvalue weighted by Crippen LogP contribution is 2.49. The van der Waals surface area contributed by atoms with Gasteiger partial charge < -0.3 is 10.1 Å². The van der Waals surface area contributed by atoms with E-state index in [-0.39, 0.29) is 22.6 Å². The number of hydrogen-bond acceptors (Lipinski definition) is 5. The third-order valence-corrected chi connectivity index (χ3v) is 9.11. The molecule has 3 aromatic carbocycles. The number of rotatable bonds is 6. The van der Waals surface area contributed by atoms with Crippen molar-refractivity contribution in [3.05, 3.63) is 99.8 Å². The summed E-state index contributed by atoms with van der Waals surface area (Å²) in [6, 6.07) is 23.5. The van der Waals surface area contributed by atoms with Crippen molar-refractivity contribution < 1.29 is 9.53 Å². The summed E-state index contributed by atoms with van der Waals surface area (Å²) in [5.74, 6) is 0.630. The number of carbonyl (C=O) groups is 1. The van der Waals surface area contributed by atoms with Gasteiger partial charge in [0.1, 0.15) is 5.75 Å². The zero-order valence-electron chi connectivity index (χ0n) is 22.9. The summed E-state index contributed by atoms with van der Waals surface area (Å²) in [7, 11) is 1.62. The third kappa shape index (κ3) is 4.94. The maximum absolute atomic E-state index is 14.7. The molecule has 1 amide bonds. The van der Waals surface area contributed by atoms with Crippen molar-refractivity contribution in [2.24, 2.45) is 0 Å². The van der Waals surface area contributed by atoms with E-state index >= 15 is 0 Å². The standard InChI is InChI=1S/C33H33N3O3S/c1-22-13-15-24(16-14-22)34-28(37)21-40-32-35-30-27-12-5-4-9-23(27)20-33(17-6-3-7-18-33)29(30)31(38)36(32)25-10-8-11-26(19-25)39-2/h4-5,8-16,19H,3,6-7,17-18,20-21H2,1-2H3,(H,34,37). The number of methoxy groups -OCH3 is 1. The van der Waals surface area contributed by atoms with Gasteiger partial charge in [0, 0.05) is 22.7 Å². The zero-order chi connectivity index (χ0) is 27.7. The summed E-state index contributed by atoms with van der Waals surface area (Å²) in [5.41, 5.74) is 6.15. The van der Waals surface area contributed by atoms with Crippen LogP contribution in [0.3, 0.4) is 0 Å². The molecule has 40 heavy (non-hydrogen) atoms. The number of nitrogens with zero attached hydrogens (tertiary/aromatic N) is 2. The number of thioether (sulfide) groups is 1. The molecule has 0 atom stereocenters. The summed E-state index contributed by atoms with van der Waals surface area (Å²) in [5, 5.41) is 3.46. The van der Waals surface area contributed by atoms with Crippen molar-refractivity contribution in [3.63, 3.8) is 0 Å². The predicted molar refractivity (Wildman–Crippen MR) is 161 cm³/mol. The largest absolute Gasteiger partial charge is 0.497 e. The lowest BCUT2D eigenvalue weighted by Crippen LogP contribution is -2.43. The molecule has 1 heterocycles. The molecule has 1 aromatic heterocycles. The first kappa shape index (κ1) is 26.4. The molecular weight excluding hydrogens is 518 g/mol. The number of aromatic nitrogens is 2. The second-order valence-corrected chi connectivity index (χ2v) is 11.8. The lowest BCUT2D eigenvalue weighted by molar-refractivity contribution is -0.113. The number of anilines is 1. The fourth-order valence-electron chi connectivity index (χ4n) is 6.23. The van der Waals surface area contributed by atoms with E-state index in [1.807, 2.05) is 61.5 Å². The number of fused-ring (bicyclic) bond motifs is 4. The highest BCUT2D eigenvalue weighted by molar-refractivity contribution is 7.99. The summed E-state index contributed by atoms with van der Waals surface area (Å²) in [6.07, 6.45) is 6.23. The van der Waals surface area contributed by atoms with Gasteiger partial charge in [-0.2, -0.15) is 0 Å². The maximum atomic E-state index is 14.7. The van der Waals surface area contributed by atoms with Crippen LogP contribution in [-0.4, -0.2) is 28.3 Å². The van der Waals surface area contributed by atoms with Crippen LogP contribution >= 0.6 is 11.8 Å². The number of aryl methyl sites for hydroxylation is 1. The molecule has 6 rings (SSSR count). The number of nitrogens with one attached hydrogen (secondary N) is 1. The summed E-state index contributed by atoms with van der Waals surface area (Å²) in [6.45, 7) is 2.01. The Bertz CT molecular complexity index is 1620. The first-order chi connectivity index (χ1) is 19.5. The van der Waals surface area contributed by atoms with Crippen LogP contribution < -0.4 is 15.6 Å². The van der Waals surface area contributed by atoms with Gasteiger partial charge in [-0.25, -0.2) is 4.98 Å². The fraction of sp³-hybridized carbons (Fsp3) is 0.303. The van der Waals surface area contributed by atoms with Crippen molar-refractivity contribution >= 4 is 23.4 Å². The van der Waals surface area contributed by atoms with Gasteiger partial charge in [-0.3, -0.25) is 14.2 Å². The monoisotopic (exact) mass is 551 g/mol. The van der Waals surface area contributed by atoms with Gasteiger partial charge in [0.2, 0.25) is 5.91 Å². The van der Waals surface area contributed by atoms with Gasteiger partial charge >= 0.3 is 0 Å². The third-order valence-electron chi connectivity index (χ3n) is 8.17. The van der Waals surface area contributed by atoms with Crippen LogP contribution in [0.2, 0.25) is 0 Å². The van der Waals surface area contributed by atoms with Crippen LogP contribution in [0.1, 0.15) is 48.8 Å². The number of ether oxygens (including phenoxy) is 1. The van der Waals surface area contributed by atoms with E-state index < -0.39 is 0 Å². The lowest BCUT2D eigenvalue weighted by atomic mass is 9.62. The zero-order valence-corrected chi connectivity index (χ0v) is 23.7. The van der Waals surface area contributed by atoms with Gasteiger partial charge in [0.25, 0.3) is 5.56 Å². The second-order valence-electron chi connectivity index (χ2n) is 10.8. The molecule has 0 unspecified atom stereocenters. The predicted octanol–water partition coefficient (Wildman–Crippen LogP) is 6.71. The maximum Gasteiger partial charge on any atom is 0.263 e. The minimum atomic E-state index is -0.224. The van der Waals surface area contributed by atoms with Gasteiger partial charge in [0.15, 0.2) is 5.16 Å². The highest BCUT2D eigenvalue weighted by Gasteiger charge is 2.43. The molecule has 2 aliphatic carbocycles. The van der Waals surface area contributed by atoms with E-state index in [1.54, 1.807) is 11.7 Å². The molecule has 1 spiro atoms. The molecule has 204 valence electrons. The molecule has 6 nitrogen and oxygen atoms in total. The Morgan fingerprint density at radius 1 is 1.02 bits per heavy atom. The Balaban J connectivity index is 1.47. The Hall–Kier alpha value is -3.84. The molecule has 0 aliphatic heterocycles. The van der Waals surface area contributed by atoms with Crippen LogP contribution in [0.25, 0.3) is 16.9 Å². The summed E-state index contributed by atoms with van der Waals surface area (Å²) < 4.78 is 7.18. The Labute approximate surface area is 238 Å². The van der Waals surface area contributed by atoms with Crippen molar-refractivity contribution in [2.45, 2.75) is 56.0 Å². The van der Waals surface area contributed by atoms with Crippen LogP contribution in [0.4, 0.5) is 5.69 Å². The van der Waals surface area contributed by atoms with Crippen molar-refractivity contribution in [1.29, 1.82) is 0 Å². The minimum absolute atomic E-state index is 0.0453. The average Bonchev–Trinajstić information content (AvgIpc) is 2.97. The van der Waals surface area contributed by atoms with Crippen LogP contribution in [0, 0.1) is 6.92 Å². The molecule has 0 saturated heterocycles. The van der Waals surface area contributed by atoms with E-state index in [0.717, 1.165) is 60.2 Å². The molecule has 2 aliphatic rings. The normalized spacial score (nSPS) is 15.2. The quantitative estimate of drug-likeness (QED) is 0.213. The number of amides is 1. The number of hydrogen-bond donors (Lipinski definition) is 1. The van der Waals surface area contributed by atoms with Crippen LogP contribution in [-0.2, 0) is 16.6 Å². The van der Waals surface area contributed by atoms with E-state index in [4.69, 9.17) is 9.72 Å². The van der Waals surface area contributed by atoms with Crippen LogP contribution in [0.5, 0.6) is 5.75 Å². The van der Waals surface area contributed by atoms with Gasteiger partial charge in [-0.1, -0.05) is 79.1 Å².